The highest BCUT2D eigenvalue weighted by Crippen LogP contribution is 2.24. The van der Waals surface area contributed by atoms with Crippen molar-refractivity contribution in [3.05, 3.63) is 78.8 Å². The quantitative estimate of drug-likeness (QED) is 0.459. The average molecular weight is 444 g/mol. The number of methoxy groups -OCH3 is 1. The lowest BCUT2D eigenvalue weighted by Crippen LogP contribution is -2.34. The van der Waals surface area contributed by atoms with Crippen molar-refractivity contribution in [2.75, 3.05) is 23.9 Å². The Balaban J connectivity index is 1.67. The number of benzene rings is 1. The number of para-hydroxylation sites is 1. The molecule has 33 heavy (non-hydrogen) atoms. The Hall–Kier alpha value is -4.20. The highest BCUT2D eigenvalue weighted by molar-refractivity contribution is 6.06. The van der Waals surface area contributed by atoms with Gasteiger partial charge in [-0.05, 0) is 42.3 Å². The Labute approximate surface area is 191 Å². The number of nitrogens with zero attached hydrogens (tertiary/aromatic N) is 4. The van der Waals surface area contributed by atoms with Crippen LogP contribution in [0.25, 0.3) is 16.9 Å². The van der Waals surface area contributed by atoms with Crippen molar-refractivity contribution in [1.29, 1.82) is 0 Å². The summed E-state index contributed by atoms with van der Waals surface area (Å²) in [5.74, 6) is 0.611. The molecule has 0 radical (unpaired) electrons. The highest BCUT2D eigenvalue weighted by Gasteiger charge is 2.20. The third-order valence-electron chi connectivity index (χ3n) is 5.09. The van der Waals surface area contributed by atoms with Crippen LogP contribution in [0.15, 0.2) is 73.2 Å². The van der Waals surface area contributed by atoms with E-state index >= 15 is 0 Å². The van der Waals surface area contributed by atoms with Gasteiger partial charge in [-0.15, -0.1) is 0 Å². The number of pyridine rings is 2. The predicted molar refractivity (Wildman–Crippen MR) is 127 cm³/mol. The van der Waals surface area contributed by atoms with Crippen LogP contribution in [0.1, 0.15) is 24.2 Å². The van der Waals surface area contributed by atoms with E-state index in [2.05, 4.69) is 33.9 Å². The second-order valence-corrected chi connectivity index (χ2v) is 7.98. The van der Waals surface area contributed by atoms with E-state index in [9.17, 15) is 9.59 Å². The van der Waals surface area contributed by atoms with E-state index < -0.39 is 6.09 Å². The average Bonchev–Trinajstić information content (AvgIpc) is 3.26. The fourth-order valence-electron chi connectivity index (χ4n) is 3.53. The van der Waals surface area contributed by atoms with Crippen molar-refractivity contribution in [3.63, 3.8) is 0 Å². The number of amides is 2. The monoisotopic (exact) mass is 443 g/mol. The van der Waals surface area contributed by atoms with Crippen LogP contribution < -0.4 is 10.2 Å². The number of nitrogens with one attached hydrogen (secondary N) is 1. The van der Waals surface area contributed by atoms with E-state index in [-0.39, 0.29) is 5.91 Å². The fourth-order valence-corrected chi connectivity index (χ4v) is 3.53. The number of aromatic nitrogens is 3. The van der Waals surface area contributed by atoms with Crippen molar-refractivity contribution in [1.82, 2.24) is 14.4 Å². The zero-order valence-corrected chi connectivity index (χ0v) is 18.7. The molecule has 0 fully saturated rings. The van der Waals surface area contributed by atoms with Gasteiger partial charge < -0.3 is 9.64 Å². The number of hydrogen-bond donors (Lipinski definition) is 1. The van der Waals surface area contributed by atoms with Gasteiger partial charge in [0.05, 0.1) is 24.6 Å². The molecule has 2 amide bonds. The summed E-state index contributed by atoms with van der Waals surface area (Å²) in [5, 5.41) is 2.52. The summed E-state index contributed by atoms with van der Waals surface area (Å²) in [7, 11) is 1.29. The number of anilines is 2. The van der Waals surface area contributed by atoms with Crippen LogP contribution in [0, 0.1) is 5.92 Å². The van der Waals surface area contributed by atoms with Crippen LogP contribution in [-0.2, 0) is 4.74 Å². The van der Waals surface area contributed by atoms with Crippen LogP contribution in [0.4, 0.5) is 16.3 Å². The van der Waals surface area contributed by atoms with E-state index in [0.29, 0.717) is 29.5 Å². The molecule has 1 aromatic carbocycles. The molecule has 0 spiro atoms. The molecule has 0 aliphatic rings. The van der Waals surface area contributed by atoms with Crippen molar-refractivity contribution in [3.8, 4) is 11.3 Å². The molecule has 1 N–H and O–H groups in total. The summed E-state index contributed by atoms with van der Waals surface area (Å²) < 4.78 is 6.46. The maximum atomic E-state index is 13.5. The molecule has 0 unspecified atom stereocenters. The number of carbonyl (C=O) groups excluding carboxylic acids is 2. The van der Waals surface area contributed by atoms with E-state index in [4.69, 9.17) is 0 Å². The van der Waals surface area contributed by atoms with E-state index in [0.717, 1.165) is 16.9 Å². The molecule has 0 aliphatic carbocycles. The zero-order valence-electron chi connectivity index (χ0n) is 18.7. The van der Waals surface area contributed by atoms with E-state index in [1.165, 1.54) is 7.11 Å². The molecule has 4 rings (SSSR count). The number of ether oxygens (including phenoxy) is 1. The van der Waals surface area contributed by atoms with Gasteiger partial charge in [0.15, 0.2) is 0 Å². The standard InChI is InChI=1S/C25H25N5O3/c1-17(2)15-29(20-7-5-4-6-8-20)24(31)19-10-12-23-27-14-21(30(23)16-19)18-9-11-22(26-13-18)28-25(32)33-3/h4-14,16-17H,15H2,1-3H3,(H,26,28,32). The van der Waals surface area contributed by atoms with E-state index in [1.54, 1.807) is 35.6 Å². The lowest BCUT2D eigenvalue weighted by molar-refractivity contribution is 0.0983. The van der Waals surface area contributed by atoms with Crippen molar-refractivity contribution in [2.45, 2.75) is 13.8 Å². The number of hydrogen-bond acceptors (Lipinski definition) is 5. The van der Waals surface area contributed by atoms with Gasteiger partial charge in [-0.1, -0.05) is 32.0 Å². The minimum Gasteiger partial charge on any atom is -0.453 e. The normalized spacial score (nSPS) is 10.9. The number of imidazole rings is 1. The Morgan fingerprint density at radius 1 is 1.03 bits per heavy atom. The van der Waals surface area contributed by atoms with Crippen LogP contribution in [0.5, 0.6) is 0 Å². The molecule has 3 aromatic heterocycles. The predicted octanol–water partition coefficient (Wildman–Crippen LogP) is 4.88. The van der Waals surface area contributed by atoms with Gasteiger partial charge in [0.1, 0.15) is 11.5 Å². The maximum Gasteiger partial charge on any atom is 0.412 e. The molecule has 4 aromatic rings. The van der Waals surface area contributed by atoms with Crippen LogP contribution in [0.2, 0.25) is 0 Å². The Morgan fingerprint density at radius 3 is 2.48 bits per heavy atom. The SMILES string of the molecule is COC(=O)Nc1ccc(-c2cnc3ccc(C(=O)N(CC(C)C)c4ccccc4)cn23)cn1. The smallest absolute Gasteiger partial charge is 0.412 e. The van der Waals surface area contributed by atoms with Gasteiger partial charge in [0.2, 0.25) is 0 Å². The van der Waals surface area contributed by atoms with E-state index in [1.807, 2.05) is 46.9 Å². The number of carbonyl (C=O) groups is 2. The first-order valence-corrected chi connectivity index (χ1v) is 10.6. The number of fused-ring (bicyclic) bond motifs is 1. The molecular formula is C25H25N5O3. The van der Waals surface area contributed by atoms with Crippen LogP contribution in [-0.4, -0.2) is 40.0 Å². The maximum absolute atomic E-state index is 13.5. The topological polar surface area (TPSA) is 88.8 Å². The molecule has 8 nitrogen and oxygen atoms in total. The summed E-state index contributed by atoms with van der Waals surface area (Å²) >= 11 is 0. The van der Waals surface area contributed by atoms with Crippen molar-refractivity contribution in [2.24, 2.45) is 5.92 Å². The molecule has 168 valence electrons. The summed E-state index contributed by atoms with van der Waals surface area (Å²) in [4.78, 5) is 35.4. The second kappa shape index (κ2) is 9.52. The third kappa shape index (κ3) is 4.85. The van der Waals surface area contributed by atoms with Crippen LogP contribution in [0.3, 0.4) is 0 Å². The molecule has 0 atom stereocenters. The molecule has 0 saturated heterocycles. The molecule has 3 heterocycles. The molecule has 0 aliphatic heterocycles. The van der Waals surface area contributed by atoms with Crippen LogP contribution >= 0.6 is 0 Å². The third-order valence-corrected chi connectivity index (χ3v) is 5.09. The first kappa shape index (κ1) is 22.0. The van der Waals surface area contributed by atoms with Gasteiger partial charge in [-0.2, -0.15) is 0 Å². The molecule has 8 heteroatoms. The van der Waals surface area contributed by atoms with Gasteiger partial charge in [-0.25, -0.2) is 14.8 Å². The molecule has 0 bridgehead atoms. The minimum absolute atomic E-state index is 0.0767. The summed E-state index contributed by atoms with van der Waals surface area (Å²) in [5.41, 5.74) is 3.72. The van der Waals surface area contributed by atoms with Gasteiger partial charge in [0.25, 0.3) is 5.91 Å². The Kier molecular flexibility index (Phi) is 6.35. The largest absolute Gasteiger partial charge is 0.453 e. The van der Waals surface area contributed by atoms with Gasteiger partial charge in [-0.3, -0.25) is 14.5 Å². The van der Waals surface area contributed by atoms with Crippen molar-refractivity contribution < 1.29 is 14.3 Å². The Bertz CT molecular complexity index is 1270. The summed E-state index contributed by atoms with van der Waals surface area (Å²) in [6.07, 6.45) is 4.59. The highest BCUT2D eigenvalue weighted by atomic mass is 16.5. The van der Waals surface area contributed by atoms with Gasteiger partial charge in [0, 0.05) is 30.2 Å². The summed E-state index contributed by atoms with van der Waals surface area (Å²) in [6, 6.07) is 16.8. The lowest BCUT2D eigenvalue weighted by atomic mass is 10.1. The summed E-state index contributed by atoms with van der Waals surface area (Å²) in [6.45, 7) is 4.79. The lowest BCUT2D eigenvalue weighted by Gasteiger charge is -2.25. The minimum atomic E-state index is -0.586. The molecule has 0 saturated carbocycles. The first-order valence-electron chi connectivity index (χ1n) is 10.6. The van der Waals surface area contributed by atoms with Crippen molar-refractivity contribution >= 4 is 29.2 Å². The van der Waals surface area contributed by atoms with Gasteiger partial charge >= 0.3 is 6.09 Å². The number of rotatable bonds is 6. The Morgan fingerprint density at radius 2 is 1.82 bits per heavy atom. The first-order chi connectivity index (χ1) is 16.0. The molecular weight excluding hydrogens is 418 g/mol. The second-order valence-electron chi connectivity index (χ2n) is 7.98. The fraction of sp³-hybridized carbons (Fsp3) is 0.200. The zero-order chi connectivity index (χ0) is 23.4.